The molecule has 10 heteroatoms. The van der Waals surface area contributed by atoms with Crippen molar-refractivity contribution in [3.8, 4) is 5.75 Å². The number of anilines is 1. The fourth-order valence-corrected chi connectivity index (χ4v) is 6.02. The first-order valence-corrected chi connectivity index (χ1v) is 13.4. The average molecular weight is 580 g/mol. The number of halogens is 4. The molecule has 0 aromatic heterocycles. The maximum absolute atomic E-state index is 13.0. The second-order valence-electron chi connectivity index (χ2n) is 9.18. The first-order valence-electron chi connectivity index (χ1n) is 11.9. The summed E-state index contributed by atoms with van der Waals surface area (Å²) in [6, 6.07) is 8.04. The molecule has 192 valence electrons. The molecule has 2 aliphatic carbocycles. The van der Waals surface area contributed by atoms with E-state index in [1.807, 2.05) is 0 Å². The van der Waals surface area contributed by atoms with Crippen LogP contribution in [0.5, 0.6) is 5.75 Å². The molecule has 0 spiro atoms. The highest BCUT2D eigenvalue weighted by molar-refractivity contribution is 6.42. The molecule has 37 heavy (non-hydrogen) atoms. The third-order valence-electron chi connectivity index (χ3n) is 6.70. The van der Waals surface area contributed by atoms with E-state index in [0.29, 0.717) is 45.3 Å². The Morgan fingerprint density at radius 2 is 1.43 bits per heavy atom. The number of hydrogen-bond donors (Lipinski definition) is 2. The van der Waals surface area contributed by atoms with Gasteiger partial charge in [0, 0.05) is 47.0 Å². The zero-order valence-corrected chi connectivity index (χ0v) is 22.6. The van der Waals surface area contributed by atoms with Crippen LogP contribution in [0.1, 0.15) is 50.0 Å². The molecule has 0 saturated carbocycles. The van der Waals surface area contributed by atoms with Crippen molar-refractivity contribution < 1.29 is 19.1 Å². The number of amides is 1. The number of Topliss-reactive ketones (excluding diaryl/α,β-unsaturated/α-hetero) is 2. The third-order valence-corrected chi connectivity index (χ3v) is 8.00. The maximum atomic E-state index is 13.0. The summed E-state index contributed by atoms with van der Waals surface area (Å²) in [7, 11) is 0. The van der Waals surface area contributed by atoms with E-state index in [0.717, 1.165) is 37.1 Å². The van der Waals surface area contributed by atoms with E-state index in [-0.39, 0.29) is 34.0 Å². The monoisotopic (exact) mass is 578 g/mol. The fourth-order valence-electron chi connectivity index (χ4n) is 5.11. The van der Waals surface area contributed by atoms with Crippen LogP contribution in [0.25, 0.3) is 0 Å². The van der Waals surface area contributed by atoms with E-state index >= 15 is 0 Å². The van der Waals surface area contributed by atoms with E-state index in [2.05, 4.69) is 10.6 Å². The third kappa shape index (κ3) is 5.26. The van der Waals surface area contributed by atoms with Crippen molar-refractivity contribution in [1.82, 2.24) is 5.32 Å². The molecule has 0 fully saturated rings. The van der Waals surface area contributed by atoms with E-state index in [4.69, 9.17) is 51.1 Å². The number of carbonyl (C=O) groups excluding carboxylic acids is 3. The lowest BCUT2D eigenvalue weighted by atomic mass is 9.71. The lowest BCUT2D eigenvalue weighted by Crippen LogP contribution is -2.36. The Balaban J connectivity index is 1.41. The lowest BCUT2D eigenvalue weighted by molar-refractivity contribution is -0.118. The van der Waals surface area contributed by atoms with Crippen LogP contribution in [-0.4, -0.2) is 24.1 Å². The van der Waals surface area contributed by atoms with Crippen LogP contribution in [0.15, 0.2) is 52.9 Å². The van der Waals surface area contributed by atoms with Crippen LogP contribution in [0.4, 0.5) is 5.69 Å². The number of carbonyl (C=O) groups is 3. The number of rotatable bonds is 5. The molecular weight excluding hydrogens is 558 g/mol. The first-order chi connectivity index (χ1) is 17.7. The van der Waals surface area contributed by atoms with Crippen molar-refractivity contribution in [2.45, 2.75) is 44.4 Å². The minimum Gasteiger partial charge on any atom is -0.481 e. The minimum absolute atomic E-state index is 0.0234. The number of hydrogen-bond acceptors (Lipinski definition) is 5. The Hall–Kier alpha value is -2.51. The summed E-state index contributed by atoms with van der Waals surface area (Å²) in [5.41, 5.74) is 4.09. The van der Waals surface area contributed by atoms with Crippen LogP contribution in [-0.2, 0) is 14.4 Å². The van der Waals surface area contributed by atoms with Crippen LogP contribution in [0.2, 0.25) is 20.1 Å². The summed E-state index contributed by atoms with van der Waals surface area (Å²) in [6.45, 7) is -0.353. The normalized spacial score (nSPS) is 17.8. The van der Waals surface area contributed by atoms with Gasteiger partial charge in [-0.15, -0.1) is 0 Å². The number of allylic oxidation sites excluding steroid dienone is 4. The van der Waals surface area contributed by atoms with Crippen molar-refractivity contribution in [2.24, 2.45) is 0 Å². The molecule has 2 aromatic carbocycles. The van der Waals surface area contributed by atoms with Gasteiger partial charge in [-0.3, -0.25) is 14.4 Å². The van der Waals surface area contributed by atoms with Crippen molar-refractivity contribution in [1.29, 1.82) is 0 Å². The van der Waals surface area contributed by atoms with Crippen LogP contribution in [0, 0.1) is 0 Å². The molecule has 0 radical (unpaired) electrons. The lowest BCUT2D eigenvalue weighted by Gasteiger charge is -2.37. The average Bonchev–Trinajstić information content (AvgIpc) is 2.85. The summed E-state index contributed by atoms with van der Waals surface area (Å²) in [5, 5.41) is 7.09. The van der Waals surface area contributed by atoms with Gasteiger partial charge >= 0.3 is 0 Å². The van der Waals surface area contributed by atoms with E-state index in [1.165, 1.54) is 6.07 Å². The zero-order valence-electron chi connectivity index (χ0n) is 19.6. The Kier molecular flexibility index (Phi) is 7.55. The van der Waals surface area contributed by atoms with Crippen molar-refractivity contribution in [3.05, 3.63) is 78.5 Å². The summed E-state index contributed by atoms with van der Waals surface area (Å²) in [5.74, 6) is -0.795. The Morgan fingerprint density at radius 1 is 0.838 bits per heavy atom. The molecule has 0 bridgehead atoms. The number of ketones is 2. The number of nitrogens with one attached hydrogen (secondary N) is 2. The van der Waals surface area contributed by atoms with Gasteiger partial charge in [-0.25, -0.2) is 0 Å². The molecule has 3 aliphatic rings. The predicted octanol–water partition coefficient (Wildman–Crippen LogP) is 7.02. The van der Waals surface area contributed by atoms with Gasteiger partial charge in [0.25, 0.3) is 5.91 Å². The van der Waals surface area contributed by atoms with Crippen LogP contribution >= 0.6 is 46.4 Å². The summed E-state index contributed by atoms with van der Waals surface area (Å²) in [6.07, 6.45) is 3.91. The Labute approximate surface area is 233 Å². The van der Waals surface area contributed by atoms with Crippen molar-refractivity contribution in [3.63, 3.8) is 0 Å². The van der Waals surface area contributed by atoms with Gasteiger partial charge in [0.1, 0.15) is 0 Å². The highest BCUT2D eigenvalue weighted by Gasteiger charge is 2.40. The quantitative estimate of drug-likeness (QED) is 0.397. The summed E-state index contributed by atoms with van der Waals surface area (Å²) >= 11 is 25.0. The van der Waals surface area contributed by atoms with Gasteiger partial charge < -0.3 is 15.4 Å². The molecule has 1 amide bonds. The SMILES string of the molecule is O=C(COc1c(Cl)cc(C2C3=C(CCCC3=O)NC3=C2C(=O)CCC3)cc1Cl)Nc1ccc(Cl)c(Cl)c1. The van der Waals surface area contributed by atoms with Gasteiger partial charge in [-0.05, 0) is 61.6 Å². The Morgan fingerprint density at radius 3 is 2.00 bits per heavy atom. The first kappa shape index (κ1) is 26.1. The zero-order chi connectivity index (χ0) is 26.3. The molecule has 0 saturated heterocycles. The largest absolute Gasteiger partial charge is 0.481 e. The maximum Gasteiger partial charge on any atom is 0.262 e. The van der Waals surface area contributed by atoms with Crippen molar-refractivity contribution >= 4 is 69.6 Å². The van der Waals surface area contributed by atoms with Gasteiger partial charge in [0.15, 0.2) is 23.9 Å². The molecule has 2 aromatic rings. The molecule has 0 unspecified atom stereocenters. The molecule has 2 N–H and O–H groups in total. The second kappa shape index (κ2) is 10.7. The van der Waals surface area contributed by atoms with Gasteiger partial charge in [0.2, 0.25) is 0 Å². The van der Waals surface area contributed by atoms with Gasteiger partial charge in [0.05, 0.1) is 20.1 Å². The van der Waals surface area contributed by atoms with Crippen LogP contribution < -0.4 is 15.4 Å². The number of dihydropyridines is 1. The van der Waals surface area contributed by atoms with E-state index in [9.17, 15) is 14.4 Å². The summed E-state index contributed by atoms with van der Waals surface area (Å²) < 4.78 is 5.65. The number of benzene rings is 2. The van der Waals surface area contributed by atoms with Gasteiger partial charge in [-0.2, -0.15) is 0 Å². The van der Waals surface area contributed by atoms with Gasteiger partial charge in [-0.1, -0.05) is 46.4 Å². The van der Waals surface area contributed by atoms with E-state index < -0.39 is 11.8 Å². The fraction of sp³-hybridized carbons (Fsp3) is 0.296. The molecular formula is C27H22Cl4N2O4. The molecule has 5 rings (SSSR count). The highest BCUT2D eigenvalue weighted by Crippen LogP contribution is 2.47. The highest BCUT2D eigenvalue weighted by atomic mass is 35.5. The predicted molar refractivity (Wildman–Crippen MR) is 145 cm³/mol. The second-order valence-corrected chi connectivity index (χ2v) is 10.8. The van der Waals surface area contributed by atoms with E-state index in [1.54, 1.807) is 24.3 Å². The molecule has 6 nitrogen and oxygen atoms in total. The standard InChI is InChI=1S/C27H22Cl4N2O4/c28-15-8-7-14(11-16(15)29)32-23(36)12-37-27-17(30)9-13(10-18(27)31)24-25-19(3-1-5-21(25)34)33-20-4-2-6-22(35)26(20)24/h7-11,24,33H,1-6,12H2,(H,32,36). The van der Waals surface area contributed by atoms with Crippen molar-refractivity contribution in [2.75, 3.05) is 11.9 Å². The topological polar surface area (TPSA) is 84.5 Å². The molecule has 0 atom stereocenters. The smallest absolute Gasteiger partial charge is 0.262 e. The molecule has 1 heterocycles. The number of ether oxygens (including phenoxy) is 1. The molecule has 1 aliphatic heterocycles. The Bertz CT molecular complexity index is 1330. The summed E-state index contributed by atoms with van der Waals surface area (Å²) in [4.78, 5) is 38.4. The van der Waals surface area contributed by atoms with Crippen LogP contribution in [0.3, 0.4) is 0 Å². The minimum atomic E-state index is -0.533.